The van der Waals surface area contributed by atoms with E-state index in [2.05, 4.69) is 48.2 Å². The van der Waals surface area contributed by atoms with Crippen molar-refractivity contribution >= 4 is 11.6 Å². The summed E-state index contributed by atoms with van der Waals surface area (Å²) in [6.07, 6.45) is 3.53. The summed E-state index contributed by atoms with van der Waals surface area (Å²) in [5.41, 5.74) is 2.55. The topological polar surface area (TPSA) is 30.7 Å². The summed E-state index contributed by atoms with van der Waals surface area (Å²) in [5.74, 6) is 1.91. The first-order valence-electron chi connectivity index (χ1n) is 6.73. The maximum atomic E-state index is 6.14. The number of hydrogen-bond acceptors (Lipinski definition) is 2. The van der Waals surface area contributed by atoms with Gasteiger partial charge in [-0.25, -0.2) is 4.98 Å². The summed E-state index contributed by atoms with van der Waals surface area (Å²) in [7, 11) is 0. The highest BCUT2D eigenvalue weighted by molar-refractivity contribution is 6.18. The van der Waals surface area contributed by atoms with Crippen molar-refractivity contribution in [3.05, 3.63) is 47.5 Å². The van der Waals surface area contributed by atoms with E-state index in [1.54, 1.807) is 6.33 Å². The van der Waals surface area contributed by atoms with Crippen LogP contribution in [-0.4, -0.2) is 20.6 Å². The third kappa shape index (κ3) is 3.57. The molecule has 0 saturated carbocycles. The molecular formula is C15H20ClN3. The molecule has 102 valence electrons. The molecule has 1 aromatic carbocycles. The fourth-order valence-corrected chi connectivity index (χ4v) is 2.54. The average Bonchev–Trinajstić information content (AvgIpc) is 2.84. The minimum absolute atomic E-state index is 0.293. The Kier molecular flexibility index (Phi) is 4.97. The van der Waals surface area contributed by atoms with E-state index in [-0.39, 0.29) is 0 Å². The van der Waals surface area contributed by atoms with Crippen LogP contribution in [0.4, 0.5) is 0 Å². The minimum Gasteiger partial charge on any atom is -0.250 e. The van der Waals surface area contributed by atoms with Crippen LogP contribution in [0.25, 0.3) is 0 Å². The van der Waals surface area contributed by atoms with Gasteiger partial charge in [0.1, 0.15) is 12.2 Å². The van der Waals surface area contributed by atoms with Gasteiger partial charge < -0.3 is 0 Å². The Hall–Kier alpha value is -1.35. The maximum absolute atomic E-state index is 6.14. The predicted molar refractivity (Wildman–Crippen MR) is 78.7 cm³/mol. The summed E-state index contributed by atoms with van der Waals surface area (Å²) in [6, 6.07) is 8.53. The largest absolute Gasteiger partial charge is 0.250 e. The average molecular weight is 278 g/mol. The molecule has 0 aliphatic carbocycles. The molecule has 0 saturated heterocycles. The lowest BCUT2D eigenvalue weighted by atomic mass is 9.96. The predicted octanol–water partition coefficient (Wildman–Crippen LogP) is 3.56. The van der Waals surface area contributed by atoms with Crippen LogP contribution in [0.1, 0.15) is 36.2 Å². The van der Waals surface area contributed by atoms with Crippen LogP contribution >= 0.6 is 11.6 Å². The number of aromatic nitrogens is 3. The van der Waals surface area contributed by atoms with Crippen LogP contribution in [0.15, 0.2) is 30.6 Å². The molecule has 0 amide bonds. The Morgan fingerprint density at radius 1 is 1.37 bits per heavy atom. The van der Waals surface area contributed by atoms with Crippen molar-refractivity contribution in [3.8, 4) is 0 Å². The van der Waals surface area contributed by atoms with E-state index in [9.17, 15) is 0 Å². The van der Waals surface area contributed by atoms with Gasteiger partial charge in [-0.2, -0.15) is 5.10 Å². The molecule has 0 spiro atoms. The second-order valence-electron chi connectivity index (χ2n) is 4.87. The first-order chi connectivity index (χ1) is 9.24. The third-order valence-electron chi connectivity index (χ3n) is 3.26. The summed E-state index contributed by atoms with van der Waals surface area (Å²) < 4.78 is 1.98. The van der Waals surface area contributed by atoms with Crippen molar-refractivity contribution in [3.63, 3.8) is 0 Å². The van der Waals surface area contributed by atoms with Crippen molar-refractivity contribution in [2.24, 2.45) is 0 Å². The van der Waals surface area contributed by atoms with Gasteiger partial charge >= 0.3 is 0 Å². The standard InChI is InChI=1S/C15H20ClN3/c1-3-7-19-15(17-11-18-19)9-14(10-16)13-6-4-5-12(2)8-13/h4-6,8,11,14H,3,7,9-10H2,1-2H3. The van der Waals surface area contributed by atoms with Gasteiger partial charge in [0, 0.05) is 24.8 Å². The number of hydrogen-bond donors (Lipinski definition) is 0. The Balaban J connectivity index is 2.17. The van der Waals surface area contributed by atoms with E-state index in [1.165, 1.54) is 11.1 Å². The number of alkyl halides is 1. The van der Waals surface area contributed by atoms with E-state index >= 15 is 0 Å². The number of nitrogens with zero attached hydrogens (tertiary/aromatic N) is 3. The molecule has 2 rings (SSSR count). The highest BCUT2D eigenvalue weighted by Crippen LogP contribution is 2.22. The van der Waals surface area contributed by atoms with Crippen LogP contribution in [0.2, 0.25) is 0 Å². The van der Waals surface area contributed by atoms with Crippen LogP contribution in [0.5, 0.6) is 0 Å². The Labute approximate surface area is 119 Å². The van der Waals surface area contributed by atoms with Crippen molar-refractivity contribution in [2.75, 3.05) is 5.88 Å². The van der Waals surface area contributed by atoms with Gasteiger partial charge in [-0.3, -0.25) is 4.68 Å². The molecule has 0 fully saturated rings. The second kappa shape index (κ2) is 6.71. The van der Waals surface area contributed by atoms with Gasteiger partial charge in [0.2, 0.25) is 0 Å². The molecule has 1 atom stereocenters. The summed E-state index contributed by atoms with van der Waals surface area (Å²) in [5, 5.41) is 4.27. The quantitative estimate of drug-likeness (QED) is 0.756. The first-order valence-corrected chi connectivity index (χ1v) is 7.27. The van der Waals surface area contributed by atoms with E-state index in [0.29, 0.717) is 11.8 Å². The van der Waals surface area contributed by atoms with Crippen molar-refractivity contribution in [1.29, 1.82) is 0 Å². The van der Waals surface area contributed by atoms with Crippen molar-refractivity contribution < 1.29 is 0 Å². The molecule has 1 aromatic heterocycles. The molecule has 1 unspecified atom stereocenters. The Morgan fingerprint density at radius 3 is 2.89 bits per heavy atom. The molecule has 0 aliphatic rings. The molecular weight excluding hydrogens is 258 g/mol. The van der Waals surface area contributed by atoms with Gasteiger partial charge in [0.05, 0.1) is 0 Å². The number of rotatable bonds is 6. The Morgan fingerprint density at radius 2 is 2.21 bits per heavy atom. The van der Waals surface area contributed by atoms with Gasteiger partial charge in [0.25, 0.3) is 0 Å². The SMILES string of the molecule is CCCn1ncnc1CC(CCl)c1cccc(C)c1. The normalized spacial score (nSPS) is 12.6. The summed E-state index contributed by atoms with van der Waals surface area (Å²) >= 11 is 6.14. The molecule has 0 radical (unpaired) electrons. The molecule has 0 aliphatic heterocycles. The van der Waals surface area contributed by atoms with Gasteiger partial charge in [-0.1, -0.05) is 36.8 Å². The zero-order chi connectivity index (χ0) is 13.7. The van der Waals surface area contributed by atoms with Crippen molar-refractivity contribution in [1.82, 2.24) is 14.8 Å². The number of halogens is 1. The maximum Gasteiger partial charge on any atom is 0.138 e. The number of benzene rings is 1. The van der Waals surface area contributed by atoms with E-state index in [0.717, 1.165) is 25.2 Å². The van der Waals surface area contributed by atoms with Crippen LogP contribution in [0.3, 0.4) is 0 Å². The lowest BCUT2D eigenvalue weighted by molar-refractivity contribution is 0.553. The van der Waals surface area contributed by atoms with Gasteiger partial charge in [-0.05, 0) is 18.9 Å². The van der Waals surface area contributed by atoms with Crippen LogP contribution < -0.4 is 0 Å². The lowest BCUT2D eigenvalue weighted by Gasteiger charge is -2.15. The Bertz CT molecular complexity index is 522. The van der Waals surface area contributed by atoms with Gasteiger partial charge in [0.15, 0.2) is 0 Å². The van der Waals surface area contributed by atoms with E-state index in [1.807, 2.05) is 4.68 Å². The highest BCUT2D eigenvalue weighted by Gasteiger charge is 2.15. The highest BCUT2D eigenvalue weighted by atomic mass is 35.5. The van der Waals surface area contributed by atoms with Crippen molar-refractivity contribution in [2.45, 2.75) is 39.2 Å². The van der Waals surface area contributed by atoms with Crippen LogP contribution in [-0.2, 0) is 13.0 Å². The number of aryl methyl sites for hydroxylation is 2. The smallest absolute Gasteiger partial charge is 0.138 e. The molecule has 0 bridgehead atoms. The monoisotopic (exact) mass is 277 g/mol. The first kappa shape index (κ1) is 14.1. The zero-order valence-electron chi connectivity index (χ0n) is 11.5. The minimum atomic E-state index is 0.293. The molecule has 2 aromatic rings. The molecule has 0 N–H and O–H groups in total. The van der Waals surface area contributed by atoms with E-state index < -0.39 is 0 Å². The molecule has 1 heterocycles. The van der Waals surface area contributed by atoms with Crippen LogP contribution in [0, 0.1) is 6.92 Å². The molecule has 3 nitrogen and oxygen atoms in total. The third-order valence-corrected chi connectivity index (χ3v) is 3.63. The lowest BCUT2D eigenvalue weighted by Crippen LogP contribution is -2.12. The summed E-state index contributed by atoms with van der Waals surface area (Å²) in [6.45, 7) is 5.16. The fraction of sp³-hybridized carbons (Fsp3) is 0.467. The fourth-order valence-electron chi connectivity index (χ4n) is 2.25. The summed E-state index contributed by atoms with van der Waals surface area (Å²) in [4.78, 5) is 4.36. The van der Waals surface area contributed by atoms with Gasteiger partial charge in [-0.15, -0.1) is 11.6 Å². The molecule has 19 heavy (non-hydrogen) atoms. The second-order valence-corrected chi connectivity index (χ2v) is 5.18. The molecule has 4 heteroatoms. The zero-order valence-corrected chi connectivity index (χ0v) is 12.3. The van der Waals surface area contributed by atoms with E-state index in [4.69, 9.17) is 11.6 Å².